The fourth-order valence-electron chi connectivity index (χ4n) is 3.74. The molecular formula is C18H24ClNO5. The molecule has 0 unspecified atom stereocenters. The van der Waals surface area contributed by atoms with E-state index in [0.717, 1.165) is 5.56 Å². The van der Waals surface area contributed by atoms with Crippen LogP contribution in [0.2, 0.25) is 5.02 Å². The number of aromatic hydroxyl groups is 1. The van der Waals surface area contributed by atoms with Crippen LogP contribution in [0.3, 0.4) is 0 Å². The number of carbonyl (C=O) groups is 1. The molecular weight excluding hydrogens is 346 g/mol. The molecule has 0 bridgehead atoms. The zero-order chi connectivity index (χ0) is 18.2. The lowest BCUT2D eigenvalue weighted by Gasteiger charge is -2.51. The zero-order valence-corrected chi connectivity index (χ0v) is 15.0. The van der Waals surface area contributed by atoms with Crippen molar-refractivity contribution in [2.45, 2.75) is 49.9 Å². The summed E-state index contributed by atoms with van der Waals surface area (Å²) in [4.78, 5) is 14.3. The first kappa shape index (κ1) is 18.5. The number of benzene rings is 1. The number of nitrogens with zero attached hydrogens (tertiary/aromatic N) is 1. The molecule has 2 fully saturated rings. The van der Waals surface area contributed by atoms with Crippen molar-refractivity contribution >= 4 is 17.5 Å². The summed E-state index contributed by atoms with van der Waals surface area (Å²) in [5.41, 5.74) is -1.20. The van der Waals surface area contributed by atoms with Crippen molar-refractivity contribution in [3.63, 3.8) is 0 Å². The minimum absolute atomic E-state index is 0.00623. The molecule has 1 amide bonds. The monoisotopic (exact) mass is 369 g/mol. The highest BCUT2D eigenvalue weighted by Gasteiger charge is 2.52. The summed E-state index contributed by atoms with van der Waals surface area (Å²) in [7, 11) is 0. The topological polar surface area (TPSA) is 90.2 Å². The molecule has 1 spiro atoms. The molecule has 0 saturated carbocycles. The van der Waals surface area contributed by atoms with Crippen LogP contribution in [0, 0.1) is 0 Å². The number of phenols is 1. The maximum atomic E-state index is 12.5. The summed E-state index contributed by atoms with van der Waals surface area (Å²) in [6.07, 6.45) is 0.634. The zero-order valence-electron chi connectivity index (χ0n) is 14.2. The lowest BCUT2D eigenvalue weighted by Crippen LogP contribution is -2.64. The van der Waals surface area contributed by atoms with Gasteiger partial charge in [0.25, 0.3) is 0 Å². The van der Waals surface area contributed by atoms with E-state index >= 15 is 0 Å². The fourth-order valence-corrected chi connectivity index (χ4v) is 3.95. The molecule has 6 nitrogen and oxygen atoms in total. The van der Waals surface area contributed by atoms with E-state index in [0.29, 0.717) is 39.0 Å². The summed E-state index contributed by atoms with van der Waals surface area (Å²) in [6.45, 7) is 2.98. The second-order valence-corrected chi connectivity index (χ2v) is 7.67. The number of aliphatic hydroxyl groups is 2. The largest absolute Gasteiger partial charge is 0.506 e. The van der Waals surface area contributed by atoms with Gasteiger partial charge in [-0.05, 0) is 37.5 Å². The van der Waals surface area contributed by atoms with Crippen molar-refractivity contribution in [3.05, 3.63) is 28.8 Å². The van der Waals surface area contributed by atoms with Gasteiger partial charge < -0.3 is 25.0 Å². The Labute approximate surface area is 152 Å². The third-order valence-corrected chi connectivity index (χ3v) is 5.72. The van der Waals surface area contributed by atoms with Crippen LogP contribution in [0.1, 0.15) is 31.7 Å². The number of halogens is 1. The first-order valence-corrected chi connectivity index (χ1v) is 8.91. The summed E-state index contributed by atoms with van der Waals surface area (Å²) < 4.78 is 5.84. The van der Waals surface area contributed by atoms with Crippen molar-refractivity contribution in [2.75, 3.05) is 19.7 Å². The van der Waals surface area contributed by atoms with E-state index in [2.05, 4.69) is 0 Å². The highest BCUT2D eigenvalue weighted by molar-refractivity contribution is 6.32. The Morgan fingerprint density at radius 1 is 1.36 bits per heavy atom. The minimum Gasteiger partial charge on any atom is -0.506 e. The maximum absolute atomic E-state index is 12.5. The van der Waals surface area contributed by atoms with Gasteiger partial charge in [-0.3, -0.25) is 4.79 Å². The standard InChI is InChI=1S/C18H24ClNO5/c1-17(24)6-9-25-18(16(17)23)4-7-20(8-5-18)15(22)11-12-2-3-14(21)13(19)10-12/h2-3,10,16,21,23-24H,4-9,11H2,1H3/t16-,17+/m0/s1. The molecule has 3 N–H and O–H groups in total. The Morgan fingerprint density at radius 3 is 2.68 bits per heavy atom. The summed E-state index contributed by atoms with van der Waals surface area (Å²) in [5, 5.41) is 30.5. The van der Waals surface area contributed by atoms with Crippen LogP contribution in [-0.2, 0) is 16.0 Å². The van der Waals surface area contributed by atoms with E-state index in [1.807, 2.05) is 0 Å². The van der Waals surface area contributed by atoms with E-state index in [9.17, 15) is 20.1 Å². The number of hydrogen-bond donors (Lipinski definition) is 3. The fraction of sp³-hybridized carbons (Fsp3) is 0.611. The number of carbonyl (C=O) groups excluding carboxylic acids is 1. The van der Waals surface area contributed by atoms with Crippen LogP contribution in [-0.4, -0.2) is 63.1 Å². The second kappa shape index (κ2) is 6.76. The first-order valence-electron chi connectivity index (χ1n) is 8.53. The second-order valence-electron chi connectivity index (χ2n) is 7.27. The van der Waals surface area contributed by atoms with Crippen molar-refractivity contribution in [1.29, 1.82) is 0 Å². The molecule has 7 heteroatoms. The first-order chi connectivity index (χ1) is 11.7. The lowest BCUT2D eigenvalue weighted by molar-refractivity contribution is -0.245. The number of phenolic OH excluding ortho intramolecular Hbond substituents is 1. The van der Waals surface area contributed by atoms with Crippen LogP contribution in [0.25, 0.3) is 0 Å². The number of ether oxygens (including phenoxy) is 1. The van der Waals surface area contributed by atoms with Gasteiger partial charge in [0.2, 0.25) is 5.91 Å². The third kappa shape index (κ3) is 3.62. The number of rotatable bonds is 2. The molecule has 2 aliphatic heterocycles. The van der Waals surface area contributed by atoms with Crippen LogP contribution < -0.4 is 0 Å². The molecule has 1 aromatic carbocycles. The highest BCUT2D eigenvalue weighted by Crippen LogP contribution is 2.39. The van der Waals surface area contributed by atoms with Gasteiger partial charge >= 0.3 is 0 Å². The van der Waals surface area contributed by atoms with E-state index in [1.54, 1.807) is 24.0 Å². The SMILES string of the molecule is C[C@@]1(O)CCOC2(CCN(C(=O)Cc3ccc(O)c(Cl)c3)CC2)[C@H]1O. The van der Waals surface area contributed by atoms with Crippen molar-refractivity contribution in [1.82, 2.24) is 4.90 Å². The van der Waals surface area contributed by atoms with Gasteiger partial charge in [-0.1, -0.05) is 17.7 Å². The highest BCUT2D eigenvalue weighted by atomic mass is 35.5. The van der Waals surface area contributed by atoms with E-state index in [4.69, 9.17) is 16.3 Å². The van der Waals surface area contributed by atoms with Crippen LogP contribution >= 0.6 is 11.6 Å². The molecule has 2 aliphatic rings. The molecule has 0 aliphatic carbocycles. The molecule has 2 atom stereocenters. The summed E-state index contributed by atoms with van der Waals surface area (Å²) in [5.74, 6) is -0.0399. The molecule has 3 rings (SSSR count). The van der Waals surface area contributed by atoms with Gasteiger partial charge in [0.15, 0.2) is 0 Å². The summed E-state index contributed by atoms with van der Waals surface area (Å²) >= 11 is 5.88. The van der Waals surface area contributed by atoms with Crippen LogP contribution in [0.15, 0.2) is 18.2 Å². The van der Waals surface area contributed by atoms with Gasteiger partial charge in [-0.25, -0.2) is 0 Å². The molecule has 2 heterocycles. The average molecular weight is 370 g/mol. The number of aliphatic hydroxyl groups excluding tert-OH is 1. The third-order valence-electron chi connectivity index (χ3n) is 5.42. The quantitative estimate of drug-likeness (QED) is 0.734. The van der Waals surface area contributed by atoms with E-state index in [-0.39, 0.29) is 23.1 Å². The van der Waals surface area contributed by atoms with Gasteiger partial charge in [0, 0.05) is 19.5 Å². The number of hydrogen-bond acceptors (Lipinski definition) is 5. The van der Waals surface area contributed by atoms with Crippen molar-refractivity contribution in [2.24, 2.45) is 0 Å². The minimum atomic E-state index is -1.16. The van der Waals surface area contributed by atoms with Crippen molar-refractivity contribution in [3.8, 4) is 5.75 Å². The number of amides is 1. The van der Waals surface area contributed by atoms with Gasteiger partial charge in [-0.2, -0.15) is 0 Å². The smallest absolute Gasteiger partial charge is 0.226 e. The molecule has 0 aromatic heterocycles. The Balaban J connectivity index is 1.62. The Morgan fingerprint density at radius 2 is 2.04 bits per heavy atom. The van der Waals surface area contributed by atoms with Gasteiger partial charge in [-0.15, -0.1) is 0 Å². The maximum Gasteiger partial charge on any atom is 0.226 e. The normalized spacial score (nSPS) is 29.0. The van der Waals surface area contributed by atoms with Crippen LogP contribution in [0.4, 0.5) is 0 Å². The predicted molar refractivity (Wildman–Crippen MR) is 92.6 cm³/mol. The van der Waals surface area contributed by atoms with Crippen LogP contribution in [0.5, 0.6) is 5.75 Å². The predicted octanol–water partition coefficient (Wildman–Crippen LogP) is 1.48. The number of likely N-dealkylation sites (tertiary alicyclic amines) is 1. The van der Waals surface area contributed by atoms with E-state index < -0.39 is 17.3 Å². The van der Waals surface area contributed by atoms with E-state index in [1.165, 1.54) is 6.07 Å². The Kier molecular flexibility index (Phi) is 4.99. The van der Waals surface area contributed by atoms with Gasteiger partial charge in [0.05, 0.1) is 23.7 Å². The molecule has 0 radical (unpaired) electrons. The summed E-state index contributed by atoms with van der Waals surface area (Å²) in [6, 6.07) is 4.74. The number of piperidine rings is 1. The van der Waals surface area contributed by atoms with Crippen molar-refractivity contribution < 1.29 is 24.9 Å². The Bertz CT molecular complexity index is 655. The average Bonchev–Trinajstić information content (AvgIpc) is 2.57. The Hall–Kier alpha value is -1.34. The molecule has 138 valence electrons. The van der Waals surface area contributed by atoms with Gasteiger partial charge in [0.1, 0.15) is 17.5 Å². The molecule has 25 heavy (non-hydrogen) atoms. The molecule has 2 saturated heterocycles. The lowest BCUT2D eigenvalue weighted by atomic mass is 9.75. The molecule has 1 aromatic rings.